The fourth-order valence-electron chi connectivity index (χ4n) is 2.32. The Bertz CT molecular complexity index is 127. The lowest BCUT2D eigenvalue weighted by Gasteiger charge is -2.32. The Morgan fingerprint density at radius 1 is 1.42 bits per heavy atom. The van der Waals surface area contributed by atoms with E-state index in [2.05, 4.69) is 14.8 Å². The molecule has 0 aromatic heterocycles. The lowest BCUT2D eigenvalue weighted by molar-refractivity contribution is 0.286. The van der Waals surface area contributed by atoms with Gasteiger partial charge in [-0.15, -0.1) is 0 Å². The Hall–Kier alpha value is 0.0249. The zero-order valence-electron chi connectivity index (χ0n) is 8.55. The second-order valence-corrected chi connectivity index (χ2v) is 4.48. The molecule has 1 rings (SSSR count). The molecule has 1 aliphatic rings. The van der Waals surface area contributed by atoms with E-state index in [1.165, 1.54) is 38.5 Å². The topological polar surface area (TPSA) is 26.0 Å². The van der Waals surface area contributed by atoms with Crippen molar-refractivity contribution in [1.29, 1.82) is 0 Å². The van der Waals surface area contributed by atoms with E-state index in [0.29, 0.717) is 6.04 Å². The van der Waals surface area contributed by atoms with Crippen LogP contribution in [-0.2, 0) is 0 Å². The third kappa shape index (κ3) is 2.82. The van der Waals surface area contributed by atoms with Crippen LogP contribution in [0, 0.1) is 5.92 Å². The Kier molecular flexibility index (Phi) is 4.13. The number of hydrogen-bond acceptors (Lipinski definition) is 1. The number of hydrogen-bond donors (Lipinski definition) is 1. The van der Waals surface area contributed by atoms with Crippen molar-refractivity contribution in [2.45, 2.75) is 57.3 Å². The first-order valence-corrected chi connectivity index (χ1v) is 5.49. The van der Waals surface area contributed by atoms with Gasteiger partial charge in [-0.25, -0.2) is 0 Å². The SMILES string of the molecule is BC1CC[C@@H](N)[C@@H](CCCC)C1. The van der Waals surface area contributed by atoms with Crippen LogP contribution in [0.4, 0.5) is 0 Å². The summed E-state index contributed by atoms with van der Waals surface area (Å²) in [5.41, 5.74) is 6.08. The van der Waals surface area contributed by atoms with E-state index in [-0.39, 0.29) is 0 Å². The summed E-state index contributed by atoms with van der Waals surface area (Å²) in [5, 5.41) is 0. The van der Waals surface area contributed by atoms with Crippen molar-refractivity contribution in [2.75, 3.05) is 0 Å². The fourth-order valence-corrected chi connectivity index (χ4v) is 2.32. The van der Waals surface area contributed by atoms with Gasteiger partial charge in [0.25, 0.3) is 0 Å². The first-order chi connectivity index (χ1) is 5.74. The molecule has 0 saturated heterocycles. The van der Waals surface area contributed by atoms with Crippen molar-refractivity contribution in [3.8, 4) is 0 Å². The zero-order valence-corrected chi connectivity index (χ0v) is 8.55. The van der Waals surface area contributed by atoms with Gasteiger partial charge in [0, 0.05) is 6.04 Å². The summed E-state index contributed by atoms with van der Waals surface area (Å²) in [4.78, 5) is 0. The maximum Gasteiger partial charge on any atom is 0.105 e. The molecule has 0 heterocycles. The van der Waals surface area contributed by atoms with E-state index < -0.39 is 0 Å². The van der Waals surface area contributed by atoms with Crippen molar-refractivity contribution < 1.29 is 0 Å². The van der Waals surface area contributed by atoms with E-state index in [0.717, 1.165) is 11.7 Å². The molecule has 0 spiro atoms. The minimum atomic E-state index is 0.507. The van der Waals surface area contributed by atoms with Gasteiger partial charge in [-0.2, -0.15) is 0 Å². The van der Waals surface area contributed by atoms with Gasteiger partial charge < -0.3 is 5.73 Å². The largest absolute Gasteiger partial charge is 0.327 e. The molecule has 3 atom stereocenters. The van der Waals surface area contributed by atoms with Crippen LogP contribution in [0.5, 0.6) is 0 Å². The molecule has 0 amide bonds. The molecule has 1 saturated carbocycles. The van der Waals surface area contributed by atoms with E-state index in [9.17, 15) is 0 Å². The molecule has 1 nitrogen and oxygen atoms in total. The van der Waals surface area contributed by atoms with E-state index in [1.54, 1.807) is 0 Å². The molecule has 1 aliphatic carbocycles. The summed E-state index contributed by atoms with van der Waals surface area (Å²) < 4.78 is 0. The van der Waals surface area contributed by atoms with Crippen molar-refractivity contribution in [3.05, 3.63) is 0 Å². The average molecular weight is 167 g/mol. The van der Waals surface area contributed by atoms with E-state index in [4.69, 9.17) is 5.73 Å². The first kappa shape index (κ1) is 10.1. The number of rotatable bonds is 3. The van der Waals surface area contributed by atoms with Crippen LogP contribution < -0.4 is 5.73 Å². The Labute approximate surface area is 77.5 Å². The van der Waals surface area contributed by atoms with E-state index >= 15 is 0 Å². The van der Waals surface area contributed by atoms with Crippen molar-refractivity contribution >= 4 is 7.85 Å². The molecular formula is C10H22BN. The highest BCUT2D eigenvalue weighted by molar-refractivity contribution is 6.11. The molecule has 0 bridgehead atoms. The standard InChI is InChI=1S/C10H22BN/c1-2-3-4-8-7-9(11)5-6-10(8)12/h8-10H,2-7,11-12H2,1H3/t8-,9?,10+/m0/s1. The third-order valence-electron chi connectivity index (χ3n) is 3.23. The highest BCUT2D eigenvalue weighted by atomic mass is 14.7. The van der Waals surface area contributed by atoms with Crippen LogP contribution in [0.1, 0.15) is 45.4 Å². The summed E-state index contributed by atoms with van der Waals surface area (Å²) in [6, 6.07) is 0.507. The minimum Gasteiger partial charge on any atom is -0.327 e. The predicted octanol–water partition coefficient (Wildman–Crippen LogP) is 1.73. The van der Waals surface area contributed by atoms with Gasteiger partial charge in [0.2, 0.25) is 0 Å². The molecule has 2 N–H and O–H groups in total. The molecule has 1 fully saturated rings. The second kappa shape index (κ2) is 4.91. The molecular weight excluding hydrogens is 145 g/mol. The minimum absolute atomic E-state index is 0.507. The van der Waals surface area contributed by atoms with Crippen LogP contribution in [-0.4, -0.2) is 13.9 Å². The summed E-state index contributed by atoms with van der Waals surface area (Å²) >= 11 is 0. The van der Waals surface area contributed by atoms with Gasteiger partial charge in [-0.05, 0) is 18.8 Å². The van der Waals surface area contributed by atoms with E-state index in [1.807, 2.05) is 0 Å². The van der Waals surface area contributed by atoms with Crippen molar-refractivity contribution in [2.24, 2.45) is 11.7 Å². The lowest BCUT2D eigenvalue weighted by atomic mass is 9.68. The maximum atomic E-state index is 6.08. The number of unbranched alkanes of at least 4 members (excludes halogenated alkanes) is 1. The van der Waals surface area contributed by atoms with Crippen LogP contribution in [0.3, 0.4) is 0 Å². The van der Waals surface area contributed by atoms with Crippen molar-refractivity contribution in [3.63, 3.8) is 0 Å². The zero-order chi connectivity index (χ0) is 8.97. The maximum absolute atomic E-state index is 6.08. The Balaban J connectivity index is 2.28. The highest BCUT2D eigenvalue weighted by Crippen LogP contribution is 2.32. The predicted molar refractivity (Wildman–Crippen MR) is 57.1 cm³/mol. The van der Waals surface area contributed by atoms with Crippen molar-refractivity contribution in [1.82, 2.24) is 0 Å². The Morgan fingerprint density at radius 2 is 2.17 bits per heavy atom. The molecule has 0 aromatic carbocycles. The van der Waals surface area contributed by atoms with Crippen LogP contribution in [0.25, 0.3) is 0 Å². The summed E-state index contributed by atoms with van der Waals surface area (Å²) in [5.74, 6) is 1.75. The summed E-state index contributed by atoms with van der Waals surface area (Å²) in [6.45, 7) is 2.26. The first-order valence-electron chi connectivity index (χ1n) is 5.49. The van der Waals surface area contributed by atoms with Gasteiger partial charge >= 0.3 is 0 Å². The lowest BCUT2D eigenvalue weighted by Crippen LogP contribution is -2.34. The molecule has 70 valence electrons. The molecule has 2 heteroatoms. The third-order valence-corrected chi connectivity index (χ3v) is 3.23. The fraction of sp³-hybridized carbons (Fsp3) is 1.00. The highest BCUT2D eigenvalue weighted by Gasteiger charge is 2.24. The van der Waals surface area contributed by atoms with Crippen LogP contribution in [0.15, 0.2) is 0 Å². The van der Waals surface area contributed by atoms with Gasteiger partial charge in [0.15, 0.2) is 0 Å². The van der Waals surface area contributed by atoms with Gasteiger partial charge in [-0.1, -0.05) is 38.4 Å². The van der Waals surface area contributed by atoms with Crippen LogP contribution in [0.2, 0.25) is 5.82 Å². The molecule has 0 aliphatic heterocycles. The normalized spacial score (nSPS) is 36.7. The second-order valence-electron chi connectivity index (χ2n) is 4.48. The van der Waals surface area contributed by atoms with Crippen LogP contribution >= 0.6 is 0 Å². The smallest absolute Gasteiger partial charge is 0.105 e. The molecule has 0 radical (unpaired) electrons. The molecule has 12 heavy (non-hydrogen) atoms. The average Bonchev–Trinajstić information content (AvgIpc) is 2.07. The van der Waals surface area contributed by atoms with Gasteiger partial charge in [0.05, 0.1) is 0 Å². The van der Waals surface area contributed by atoms with Gasteiger partial charge in [0.1, 0.15) is 7.85 Å². The summed E-state index contributed by atoms with van der Waals surface area (Å²) in [6.07, 6.45) is 8.03. The molecule has 1 unspecified atom stereocenters. The monoisotopic (exact) mass is 167 g/mol. The number of nitrogens with two attached hydrogens (primary N) is 1. The van der Waals surface area contributed by atoms with Gasteiger partial charge in [-0.3, -0.25) is 0 Å². The molecule has 0 aromatic rings. The Morgan fingerprint density at radius 3 is 2.83 bits per heavy atom. The quantitative estimate of drug-likeness (QED) is 0.636. The summed E-state index contributed by atoms with van der Waals surface area (Å²) in [7, 11) is 2.37.